The number of aryl methyl sites for hydroxylation is 2. The molecule has 0 unspecified atom stereocenters. The minimum Gasteiger partial charge on any atom is -0.496 e. The van der Waals surface area contributed by atoms with E-state index in [2.05, 4.69) is 15.5 Å². The normalized spacial score (nSPS) is 12.0. The maximum atomic E-state index is 12.2. The predicted molar refractivity (Wildman–Crippen MR) is 72.6 cm³/mol. The van der Waals surface area contributed by atoms with E-state index in [0.717, 1.165) is 5.56 Å². The lowest BCUT2D eigenvalue weighted by molar-refractivity contribution is 0.0937. The minimum atomic E-state index is -0.327. The first-order chi connectivity index (χ1) is 9.51. The summed E-state index contributed by atoms with van der Waals surface area (Å²) in [4.78, 5) is 16.2. The van der Waals surface area contributed by atoms with Crippen molar-refractivity contribution in [3.63, 3.8) is 0 Å². The Balaban J connectivity index is 2.12. The molecule has 6 nitrogen and oxygen atoms in total. The summed E-state index contributed by atoms with van der Waals surface area (Å²) >= 11 is 0. The van der Waals surface area contributed by atoms with Crippen molar-refractivity contribution in [2.45, 2.75) is 26.8 Å². The molecule has 20 heavy (non-hydrogen) atoms. The maximum Gasteiger partial charge on any atom is 0.251 e. The van der Waals surface area contributed by atoms with E-state index in [1.807, 2.05) is 13.0 Å². The number of rotatable bonds is 4. The number of hydrogen-bond acceptors (Lipinski definition) is 5. The molecule has 1 heterocycles. The predicted octanol–water partition coefficient (Wildman–Crippen LogP) is 2.19. The molecule has 106 valence electrons. The zero-order valence-electron chi connectivity index (χ0n) is 11.9. The van der Waals surface area contributed by atoms with Gasteiger partial charge in [0.05, 0.1) is 13.2 Å². The molecule has 1 atom stereocenters. The number of hydrogen-bond donors (Lipinski definition) is 1. The summed E-state index contributed by atoms with van der Waals surface area (Å²) in [6.07, 6.45) is 0. The van der Waals surface area contributed by atoms with Crippen LogP contribution in [0, 0.1) is 13.8 Å². The molecule has 6 heteroatoms. The number of nitrogens with one attached hydrogen (secondary N) is 1. The van der Waals surface area contributed by atoms with Crippen molar-refractivity contribution >= 4 is 5.91 Å². The Kier molecular flexibility index (Phi) is 4.02. The van der Waals surface area contributed by atoms with Gasteiger partial charge in [-0.25, -0.2) is 0 Å². The molecule has 0 bridgehead atoms. The third-order valence-electron chi connectivity index (χ3n) is 2.95. The van der Waals surface area contributed by atoms with Gasteiger partial charge in [0.25, 0.3) is 5.91 Å². The van der Waals surface area contributed by atoms with Gasteiger partial charge in [-0.1, -0.05) is 11.2 Å². The fourth-order valence-electron chi connectivity index (χ4n) is 1.80. The standard InChI is InChI=1S/C14H17N3O3/c1-8-5-6-11(7-12(8)19-4)14(18)15-9(2)13-16-10(3)20-17-13/h5-7,9H,1-4H3,(H,15,18)/t9-/m0/s1. The van der Waals surface area contributed by atoms with Crippen LogP contribution >= 0.6 is 0 Å². The van der Waals surface area contributed by atoms with Crippen molar-refractivity contribution in [3.05, 3.63) is 41.0 Å². The van der Waals surface area contributed by atoms with Crippen molar-refractivity contribution in [3.8, 4) is 5.75 Å². The maximum absolute atomic E-state index is 12.2. The topological polar surface area (TPSA) is 77.2 Å². The third-order valence-corrected chi connectivity index (χ3v) is 2.95. The van der Waals surface area contributed by atoms with E-state index in [9.17, 15) is 4.79 Å². The average Bonchev–Trinajstić information content (AvgIpc) is 2.86. The summed E-state index contributed by atoms with van der Waals surface area (Å²) in [6.45, 7) is 5.43. The molecule has 0 saturated heterocycles. The monoisotopic (exact) mass is 275 g/mol. The van der Waals surface area contributed by atoms with E-state index in [1.54, 1.807) is 33.1 Å². The summed E-state index contributed by atoms with van der Waals surface area (Å²) in [5, 5.41) is 6.60. The molecule has 0 aliphatic carbocycles. The molecule has 0 aliphatic rings. The minimum absolute atomic E-state index is 0.210. The summed E-state index contributed by atoms with van der Waals surface area (Å²) in [5.74, 6) is 1.40. The number of aromatic nitrogens is 2. The van der Waals surface area contributed by atoms with E-state index in [0.29, 0.717) is 23.0 Å². The Bertz CT molecular complexity index is 622. The molecule has 0 radical (unpaired) electrons. The van der Waals surface area contributed by atoms with Crippen molar-refractivity contribution < 1.29 is 14.1 Å². The Morgan fingerprint density at radius 1 is 1.40 bits per heavy atom. The first kappa shape index (κ1) is 14.0. The van der Waals surface area contributed by atoms with Gasteiger partial charge in [0, 0.05) is 12.5 Å². The summed E-state index contributed by atoms with van der Waals surface area (Å²) in [5.41, 5.74) is 1.51. The Morgan fingerprint density at radius 2 is 2.15 bits per heavy atom. The van der Waals surface area contributed by atoms with Crippen molar-refractivity contribution in [1.29, 1.82) is 0 Å². The number of methoxy groups -OCH3 is 1. The van der Waals surface area contributed by atoms with Gasteiger partial charge in [-0.3, -0.25) is 4.79 Å². The highest BCUT2D eigenvalue weighted by Crippen LogP contribution is 2.19. The Labute approximate surface area is 117 Å². The molecule has 2 rings (SSSR count). The number of ether oxygens (including phenoxy) is 1. The number of amides is 1. The molecular formula is C14H17N3O3. The molecule has 0 saturated carbocycles. The van der Waals surface area contributed by atoms with Gasteiger partial charge in [0.2, 0.25) is 5.89 Å². The summed E-state index contributed by atoms with van der Waals surface area (Å²) in [6, 6.07) is 4.98. The highest BCUT2D eigenvalue weighted by Gasteiger charge is 2.16. The van der Waals surface area contributed by atoms with Crippen LogP contribution in [0.3, 0.4) is 0 Å². The largest absolute Gasteiger partial charge is 0.496 e. The van der Waals surface area contributed by atoms with Gasteiger partial charge >= 0.3 is 0 Å². The van der Waals surface area contributed by atoms with Crippen LogP contribution in [0.25, 0.3) is 0 Å². The first-order valence-electron chi connectivity index (χ1n) is 6.27. The van der Waals surface area contributed by atoms with Crippen molar-refractivity contribution in [2.75, 3.05) is 7.11 Å². The number of benzene rings is 1. The highest BCUT2D eigenvalue weighted by atomic mass is 16.5. The second-order valence-corrected chi connectivity index (χ2v) is 4.55. The van der Waals surface area contributed by atoms with E-state index >= 15 is 0 Å². The highest BCUT2D eigenvalue weighted by molar-refractivity contribution is 5.94. The van der Waals surface area contributed by atoms with Gasteiger partial charge in [-0.2, -0.15) is 4.98 Å². The summed E-state index contributed by atoms with van der Waals surface area (Å²) < 4.78 is 10.1. The van der Waals surface area contributed by atoms with Crippen LogP contribution in [0.2, 0.25) is 0 Å². The smallest absolute Gasteiger partial charge is 0.251 e. The number of carbonyl (C=O) groups is 1. The third kappa shape index (κ3) is 2.96. The van der Waals surface area contributed by atoms with Crippen LogP contribution in [0.4, 0.5) is 0 Å². The van der Waals surface area contributed by atoms with E-state index in [4.69, 9.17) is 9.26 Å². The molecule has 0 aliphatic heterocycles. The van der Waals surface area contributed by atoms with Gasteiger partial charge in [-0.05, 0) is 31.5 Å². The van der Waals surface area contributed by atoms with E-state index < -0.39 is 0 Å². The fraction of sp³-hybridized carbons (Fsp3) is 0.357. The zero-order chi connectivity index (χ0) is 14.7. The Morgan fingerprint density at radius 3 is 2.75 bits per heavy atom. The van der Waals surface area contributed by atoms with E-state index in [1.165, 1.54) is 0 Å². The molecule has 1 aromatic carbocycles. The quantitative estimate of drug-likeness (QED) is 0.925. The lowest BCUT2D eigenvalue weighted by Gasteiger charge is -2.11. The van der Waals surface area contributed by atoms with Gasteiger partial charge < -0.3 is 14.6 Å². The van der Waals surface area contributed by atoms with Crippen LogP contribution in [0.1, 0.15) is 40.6 Å². The molecule has 1 N–H and O–H groups in total. The van der Waals surface area contributed by atoms with E-state index in [-0.39, 0.29) is 11.9 Å². The number of carbonyl (C=O) groups excluding carboxylic acids is 1. The van der Waals surface area contributed by atoms with Crippen molar-refractivity contribution in [1.82, 2.24) is 15.5 Å². The molecule has 0 fully saturated rings. The zero-order valence-corrected chi connectivity index (χ0v) is 11.9. The van der Waals surface area contributed by atoms with Gasteiger partial charge in [0.15, 0.2) is 5.82 Å². The second kappa shape index (κ2) is 5.73. The van der Waals surface area contributed by atoms with Crippen LogP contribution in [0.5, 0.6) is 5.75 Å². The van der Waals surface area contributed by atoms with Crippen molar-refractivity contribution in [2.24, 2.45) is 0 Å². The number of nitrogens with zero attached hydrogens (tertiary/aromatic N) is 2. The molecular weight excluding hydrogens is 258 g/mol. The van der Waals surface area contributed by atoms with Gasteiger partial charge in [-0.15, -0.1) is 0 Å². The SMILES string of the molecule is COc1cc(C(=O)N[C@@H](C)c2noc(C)n2)ccc1C. The lowest BCUT2D eigenvalue weighted by Crippen LogP contribution is -2.27. The lowest BCUT2D eigenvalue weighted by atomic mass is 10.1. The van der Waals surface area contributed by atoms with Crippen LogP contribution in [-0.2, 0) is 0 Å². The Hall–Kier alpha value is -2.37. The van der Waals surface area contributed by atoms with Crippen LogP contribution in [-0.4, -0.2) is 23.2 Å². The van der Waals surface area contributed by atoms with Gasteiger partial charge in [0.1, 0.15) is 5.75 Å². The average molecular weight is 275 g/mol. The second-order valence-electron chi connectivity index (χ2n) is 4.55. The van der Waals surface area contributed by atoms with Crippen LogP contribution in [0.15, 0.2) is 22.7 Å². The molecule has 1 amide bonds. The fourth-order valence-corrected chi connectivity index (χ4v) is 1.80. The molecule has 1 aromatic heterocycles. The first-order valence-corrected chi connectivity index (χ1v) is 6.27. The van der Waals surface area contributed by atoms with Crippen LogP contribution < -0.4 is 10.1 Å². The summed E-state index contributed by atoms with van der Waals surface area (Å²) in [7, 11) is 1.58. The molecule has 2 aromatic rings. The molecule has 0 spiro atoms.